The third-order valence-corrected chi connectivity index (χ3v) is 8.00. The summed E-state index contributed by atoms with van der Waals surface area (Å²) in [6.07, 6.45) is -1.30. The van der Waals surface area contributed by atoms with E-state index in [1.165, 1.54) is 14.7 Å². The van der Waals surface area contributed by atoms with Gasteiger partial charge in [-0.2, -0.15) is 0 Å². The molecule has 4 rings (SSSR count). The Kier molecular flexibility index (Phi) is 8.79. The fourth-order valence-corrected chi connectivity index (χ4v) is 5.73. The summed E-state index contributed by atoms with van der Waals surface area (Å²) in [4.78, 5) is 61.2. The van der Waals surface area contributed by atoms with Crippen LogP contribution in [-0.4, -0.2) is 98.6 Å². The zero-order valence-corrected chi connectivity index (χ0v) is 24.4. The van der Waals surface area contributed by atoms with Gasteiger partial charge in [-0.15, -0.1) is 11.3 Å². The number of hydrogen-bond donors (Lipinski definition) is 2. The van der Waals surface area contributed by atoms with Crippen LogP contribution in [0.5, 0.6) is 0 Å². The van der Waals surface area contributed by atoms with E-state index >= 15 is 0 Å². The SMILES string of the molecule is Cc1ncsc1-c1ccc(CNC(=O)[C@@H]2C[C@@H](O)CN2C(=O)C(C)N2CCN(C(=O)OC(C)(C)C)CC2=O)cc1. The van der Waals surface area contributed by atoms with Gasteiger partial charge in [0.05, 0.1) is 22.2 Å². The molecule has 2 aliphatic heterocycles. The van der Waals surface area contributed by atoms with E-state index in [4.69, 9.17) is 4.74 Å². The third-order valence-electron chi connectivity index (χ3n) is 7.03. The highest BCUT2D eigenvalue weighted by Gasteiger charge is 2.43. The summed E-state index contributed by atoms with van der Waals surface area (Å²) in [6.45, 7) is 9.30. The summed E-state index contributed by atoms with van der Waals surface area (Å²) >= 11 is 1.57. The molecule has 2 N–H and O–H groups in total. The molecular weight excluding hydrogens is 534 g/mol. The molecule has 0 spiro atoms. The van der Waals surface area contributed by atoms with Crippen LogP contribution < -0.4 is 5.32 Å². The molecule has 3 heterocycles. The van der Waals surface area contributed by atoms with E-state index in [-0.39, 0.29) is 51.0 Å². The Hall–Kier alpha value is -3.51. The molecule has 1 unspecified atom stereocenters. The summed E-state index contributed by atoms with van der Waals surface area (Å²) in [5, 5.41) is 13.2. The number of β-amino-alcohol motifs (C(OH)–C–C–N with tert-alkyl or cyclic N) is 1. The molecule has 4 amide bonds. The third kappa shape index (κ3) is 6.79. The van der Waals surface area contributed by atoms with Gasteiger partial charge in [0.2, 0.25) is 17.7 Å². The first kappa shape index (κ1) is 29.5. The molecule has 1 aromatic heterocycles. The van der Waals surface area contributed by atoms with Crippen LogP contribution in [-0.2, 0) is 25.7 Å². The maximum Gasteiger partial charge on any atom is 0.410 e. The van der Waals surface area contributed by atoms with Crippen LogP contribution >= 0.6 is 11.3 Å². The number of ether oxygens (including phenoxy) is 1. The van der Waals surface area contributed by atoms with Gasteiger partial charge in [-0.05, 0) is 45.7 Å². The first-order chi connectivity index (χ1) is 18.8. The average molecular weight is 572 g/mol. The second-order valence-electron chi connectivity index (χ2n) is 11.2. The zero-order valence-electron chi connectivity index (χ0n) is 23.5. The molecule has 3 atom stereocenters. The number of hydrogen-bond acceptors (Lipinski definition) is 8. The molecule has 2 aromatic rings. The number of nitrogens with zero attached hydrogens (tertiary/aromatic N) is 4. The van der Waals surface area contributed by atoms with Gasteiger partial charge in [0.1, 0.15) is 24.2 Å². The topological polar surface area (TPSA) is 132 Å². The normalized spacial score (nSPS) is 20.4. The van der Waals surface area contributed by atoms with Crippen LogP contribution in [0.3, 0.4) is 0 Å². The van der Waals surface area contributed by atoms with E-state index in [0.29, 0.717) is 0 Å². The van der Waals surface area contributed by atoms with Gasteiger partial charge in [-0.1, -0.05) is 24.3 Å². The molecule has 0 saturated carbocycles. The molecule has 11 nitrogen and oxygen atoms in total. The average Bonchev–Trinajstić information content (AvgIpc) is 3.51. The number of likely N-dealkylation sites (tertiary alicyclic amines) is 1. The van der Waals surface area contributed by atoms with Crippen molar-refractivity contribution >= 4 is 35.2 Å². The number of nitrogens with one attached hydrogen (secondary N) is 1. The Morgan fingerprint density at radius 1 is 1.20 bits per heavy atom. The minimum atomic E-state index is -0.850. The predicted octanol–water partition coefficient (Wildman–Crippen LogP) is 2.16. The van der Waals surface area contributed by atoms with E-state index in [1.807, 2.05) is 36.7 Å². The van der Waals surface area contributed by atoms with E-state index < -0.39 is 35.8 Å². The van der Waals surface area contributed by atoms with Gasteiger partial charge in [-0.25, -0.2) is 9.78 Å². The molecule has 216 valence electrons. The number of rotatable bonds is 6. The lowest BCUT2D eigenvalue weighted by Gasteiger charge is -2.39. The van der Waals surface area contributed by atoms with Gasteiger partial charge in [0.25, 0.3) is 0 Å². The lowest BCUT2D eigenvalue weighted by Crippen LogP contribution is -2.60. The van der Waals surface area contributed by atoms with Crippen molar-refractivity contribution < 1.29 is 29.0 Å². The fraction of sp³-hybridized carbons (Fsp3) is 0.536. The van der Waals surface area contributed by atoms with Gasteiger partial charge < -0.3 is 25.0 Å². The number of carbonyl (C=O) groups excluding carboxylic acids is 4. The maximum absolute atomic E-state index is 13.4. The Bertz CT molecular complexity index is 1260. The number of aliphatic hydroxyl groups is 1. The first-order valence-corrected chi connectivity index (χ1v) is 14.2. The van der Waals surface area contributed by atoms with Crippen LogP contribution in [0, 0.1) is 6.92 Å². The highest BCUT2D eigenvalue weighted by molar-refractivity contribution is 7.13. The first-order valence-electron chi connectivity index (χ1n) is 13.4. The summed E-state index contributed by atoms with van der Waals surface area (Å²) in [6, 6.07) is 6.15. The quantitative estimate of drug-likeness (QED) is 0.543. The van der Waals surface area contributed by atoms with E-state index in [9.17, 15) is 24.3 Å². The Balaban J connectivity index is 1.34. The van der Waals surface area contributed by atoms with Crippen LogP contribution in [0.15, 0.2) is 29.8 Å². The number of aliphatic hydroxyl groups excluding tert-OH is 1. The van der Waals surface area contributed by atoms with Crippen molar-refractivity contribution in [1.82, 2.24) is 25.0 Å². The lowest BCUT2D eigenvalue weighted by atomic mass is 10.1. The molecule has 2 saturated heterocycles. The molecular formula is C28H37N5O6S. The zero-order chi connectivity index (χ0) is 29.2. The van der Waals surface area contributed by atoms with E-state index in [2.05, 4.69) is 10.3 Å². The van der Waals surface area contributed by atoms with Crippen molar-refractivity contribution in [2.45, 2.75) is 71.4 Å². The van der Waals surface area contributed by atoms with E-state index in [0.717, 1.165) is 21.7 Å². The smallest absolute Gasteiger partial charge is 0.410 e. The molecule has 0 radical (unpaired) electrons. The standard InChI is InChI=1S/C28H37N5O6S/c1-17-24(40-16-30-17)20-8-6-19(7-9-20)13-29-25(36)22-12-21(34)14-33(22)26(37)18(2)32-11-10-31(15-23(32)35)27(38)39-28(3,4)5/h6-9,16,18,21-22,34H,10-15H2,1-5H3,(H,29,36)/t18?,21-,22+/m1/s1. The minimum absolute atomic E-state index is 0.0101. The summed E-state index contributed by atoms with van der Waals surface area (Å²) in [5.74, 6) is -1.16. The Morgan fingerprint density at radius 3 is 2.50 bits per heavy atom. The van der Waals surface area contributed by atoms with Crippen molar-refractivity contribution in [3.05, 3.63) is 41.0 Å². The number of carbonyl (C=O) groups is 4. The molecule has 2 aliphatic rings. The van der Waals surface area contributed by atoms with Gasteiger partial charge in [0, 0.05) is 32.6 Å². The second kappa shape index (κ2) is 11.9. The van der Waals surface area contributed by atoms with Gasteiger partial charge >= 0.3 is 6.09 Å². The van der Waals surface area contributed by atoms with Crippen molar-refractivity contribution in [2.75, 3.05) is 26.2 Å². The van der Waals surface area contributed by atoms with Crippen LogP contribution in [0.25, 0.3) is 10.4 Å². The number of thiazole rings is 1. The largest absolute Gasteiger partial charge is 0.444 e. The van der Waals surface area contributed by atoms with Crippen molar-refractivity contribution in [3.8, 4) is 10.4 Å². The fourth-order valence-electron chi connectivity index (χ4n) is 4.92. The lowest BCUT2D eigenvalue weighted by molar-refractivity contribution is -0.150. The molecule has 2 fully saturated rings. The predicted molar refractivity (Wildman–Crippen MR) is 149 cm³/mol. The highest BCUT2D eigenvalue weighted by atomic mass is 32.1. The number of amides is 4. The number of aryl methyl sites for hydroxylation is 1. The molecule has 40 heavy (non-hydrogen) atoms. The second-order valence-corrected chi connectivity index (χ2v) is 12.1. The maximum atomic E-state index is 13.4. The minimum Gasteiger partial charge on any atom is -0.444 e. The van der Waals surface area contributed by atoms with Crippen molar-refractivity contribution in [1.29, 1.82) is 0 Å². The molecule has 1 aromatic carbocycles. The van der Waals surface area contributed by atoms with Crippen molar-refractivity contribution in [3.63, 3.8) is 0 Å². The summed E-state index contributed by atoms with van der Waals surface area (Å²) in [5.41, 5.74) is 4.05. The van der Waals surface area contributed by atoms with Crippen LogP contribution in [0.2, 0.25) is 0 Å². The van der Waals surface area contributed by atoms with E-state index in [1.54, 1.807) is 39.0 Å². The van der Waals surface area contributed by atoms with Crippen LogP contribution in [0.4, 0.5) is 4.79 Å². The van der Waals surface area contributed by atoms with Crippen LogP contribution in [0.1, 0.15) is 45.4 Å². The Labute approximate surface area is 238 Å². The molecule has 12 heteroatoms. The Morgan fingerprint density at radius 2 is 1.90 bits per heavy atom. The summed E-state index contributed by atoms with van der Waals surface area (Å²) in [7, 11) is 0. The molecule has 0 bridgehead atoms. The monoisotopic (exact) mass is 571 g/mol. The highest BCUT2D eigenvalue weighted by Crippen LogP contribution is 2.27. The van der Waals surface area contributed by atoms with Crippen molar-refractivity contribution in [2.24, 2.45) is 0 Å². The number of aromatic nitrogens is 1. The number of benzene rings is 1. The number of piperazine rings is 1. The summed E-state index contributed by atoms with van der Waals surface area (Å²) < 4.78 is 5.35. The van der Waals surface area contributed by atoms with Gasteiger partial charge in [0.15, 0.2) is 0 Å². The molecule has 0 aliphatic carbocycles. The van der Waals surface area contributed by atoms with Gasteiger partial charge in [-0.3, -0.25) is 19.3 Å².